The molecule has 4 rings (SSSR count). The summed E-state index contributed by atoms with van der Waals surface area (Å²) in [6, 6.07) is 13.2. The molecule has 2 aromatic carbocycles. The molecule has 1 amide bonds. The van der Waals surface area contributed by atoms with Gasteiger partial charge in [-0.2, -0.15) is 5.10 Å². The van der Waals surface area contributed by atoms with Crippen LogP contribution in [0.5, 0.6) is 11.5 Å². The number of hydrogen-bond acceptors (Lipinski definition) is 6. The molecule has 0 aliphatic rings. The van der Waals surface area contributed by atoms with Crippen LogP contribution >= 0.6 is 23.4 Å². The van der Waals surface area contributed by atoms with Crippen LogP contribution in [0.25, 0.3) is 16.8 Å². The van der Waals surface area contributed by atoms with E-state index < -0.39 is 0 Å². The van der Waals surface area contributed by atoms with Crippen molar-refractivity contribution in [2.45, 2.75) is 18.9 Å². The lowest BCUT2D eigenvalue weighted by Crippen LogP contribution is -2.15. The van der Waals surface area contributed by atoms with E-state index in [4.69, 9.17) is 21.1 Å². The van der Waals surface area contributed by atoms with Crippen LogP contribution in [-0.4, -0.2) is 40.0 Å². The first-order chi connectivity index (χ1) is 16.0. The highest BCUT2D eigenvalue weighted by Crippen LogP contribution is 2.32. The molecule has 0 fully saturated rings. The van der Waals surface area contributed by atoms with Gasteiger partial charge in [-0.15, -0.1) is 0 Å². The number of nitrogens with one attached hydrogen (secondary N) is 1. The molecule has 0 bridgehead atoms. The Morgan fingerprint density at radius 3 is 2.73 bits per heavy atom. The van der Waals surface area contributed by atoms with Gasteiger partial charge in [-0.25, -0.2) is 9.50 Å². The molecule has 0 atom stereocenters. The summed E-state index contributed by atoms with van der Waals surface area (Å²) in [5.41, 5.74) is 4.06. The maximum atomic E-state index is 12.6. The highest BCUT2D eigenvalue weighted by Gasteiger charge is 2.14. The van der Waals surface area contributed by atoms with Gasteiger partial charge in [0.25, 0.3) is 0 Å². The number of carbonyl (C=O) groups is 1. The van der Waals surface area contributed by atoms with Gasteiger partial charge < -0.3 is 14.8 Å². The van der Waals surface area contributed by atoms with Crippen LogP contribution in [-0.2, 0) is 4.79 Å². The number of benzene rings is 2. The monoisotopic (exact) mass is 482 g/mol. The molecule has 7 nitrogen and oxygen atoms in total. The fourth-order valence-electron chi connectivity index (χ4n) is 3.29. The van der Waals surface area contributed by atoms with Crippen LogP contribution in [0.4, 0.5) is 5.69 Å². The molecule has 33 heavy (non-hydrogen) atoms. The third kappa shape index (κ3) is 5.23. The Hall–Kier alpha value is -3.23. The van der Waals surface area contributed by atoms with Crippen molar-refractivity contribution in [1.82, 2.24) is 14.6 Å². The Labute approximate surface area is 201 Å². The first kappa shape index (κ1) is 22.9. The number of aromatic nitrogens is 3. The van der Waals surface area contributed by atoms with E-state index in [9.17, 15) is 4.79 Å². The second kappa shape index (κ2) is 10.1. The van der Waals surface area contributed by atoms with Gasteiger partial charge in [0.05, 0.1) is 36.4 Å². The molecule has 0 unspecified atom stereocenters. The second-order valence-electron chi connectivity index (χ2n) is 7.19. The molecular formula is C24H23ClN4O3S. The number of thioether (sulfide) groups is 1. The van der Waals surface area contributed by atoms with Gasteiger partial charge in [0.2, 0.25) is 5.91 Å². The number of nitrogens with zero attached hydrogens (tertiary/aromatic N) is 3. The number of aryl methyl sites for hydroxylation is 1. The topological polar surface area (TPSA) is 77.8 Å². The molecule has 0 aliphatic heterocycles. The van der Waals surface area contributed by atoms with Crippen LogP contribution in [0.2, 0.25) is 5.02 Å². The van der Waals surface area contributed by atoms with E-state index in [2.05, 4.69) is 15.4 Å². The maximum absolute atomic E-state index is 12.6. The number of amides is 1. The van der Waals surface area contributed by atoms with Gasteiger partial charge in [-0.3, -0.25) is 4.79 Å². The Morgan fingerprint density at radius 2 is 2.00 bits per heavy atom. The van der Waals surface area contributed by atoms with Crippen LogP contribution in [0.3, 0.4) is 0 Å². The lowest BCUT2D eigenvalue weighted by atomic mass is 10.1. The minimum atomic E-state index is -0.171. The van der Waals surface area contributed by atoms with Gasteiger partial charge >= 0.3 is 0 Å². The van der Waals surface area contributed by atoms with Crippen molar-refractivity contribution in [3.63, 3.8) is 0 Å². The van der Waals surface area contributed by atoms with Crippen molar-refractivity contribution < 1.29 is 14.3 Å². The number of halogens is 1. The average Bonchev–Trinajstić information content (AvgIpc) is 3.25. The molecule has 0 aliphatic carbocycles. The number of ether oxygens (including phenoxy) is 2. The minimum Gasteiger partial charge on any atom is -0.495 e. The Bertz CT molecular complexity index is 1290. The molecular weight excluding hydrogens is 460 g/mol. The molecule has 170 valence electrons. The number of methoxy groups -OCH3 is 1. The first-order valence-corrected chi connectivity index (χ1v) is 11.7. The number of hydrogen-bond donors (Lipinski definition) is 1. The van der Waals surface area contributed by atoms with E-state index in [1.165, 1.54) is 18.9 Å². The molecule has 0 saturated heterocycles. The summed E-state index contributed by atoms with van der Waals surface area (Å²) in [7, 11) is 1.54. The van der Waals surface area contributed by atoms with Gasteiger partial charge in [-0.1, -0.05) is 23.4 Å². The van der Waals surface area contributed by atoms with Gasteiger partial charge in [0, 0.05) is 29.0 Å². The fourth-order valence-corrected chi connectivity index (χ4v) is 4.22. The largest absolute Gasteiger partial charge is 0.495 e. The lowest BCUT2D eigenvalue weighted by molar-refractivity contribution is -0.113. The highest BCUT2D eigenvalue weighted by molar-refractivity contribution is 8.00. The fraction of sp³-hybridized carbons (Fsp3) is 0.208. The summed E-state index contributed by atoms with van der Waals surface area (Å²) in [6.45, 7) is 4.45. The molecule has 0 saturated carbocycles. The normalized spacial score (nSPS) is 10.9. The zero-order valence-electron chi connectivity index (χ0n) is 18.5. The van der Waals surface area contributed by atoms with E-state index in [1.54, 1.807) is 29.0 Å². The predicted octanol–water partition coefficient (Wildman–Crippen LogP) is 5.50. The van der Waals surface area contributed by atoms with Crippen molar-refractivity contribution in [2.75, 3.05) is 24.8 Å². The Morgan fingerprint density at radius 1 is 1.21 bits per heavy atom. The Kier molecular flexibility index (Phi) is 7.05. The van der Waals surface area contributed by atoms with Crippen molar-refractivity contribution >= 4 is 40.5 Å². The van der Waals surface area contributed by atoms with Crippen molar-refractivity contribution in [3.05, 3.63) is 65.4 Å². The molecule has 4 aromatic rings. The van der Waals surface area contributed by atoms with Crippen LogP contribution < -0.4 is 14.8 Å². The number of fused-ring (bicyclic) bond motifs is 1. The van der Waals surface area contributed by atoms with E-state index in [0.29, 0.717) is 23.1 Å². The molecule has 1 N–H and O–H groups in total. The zero-order chi connectivity index (χ0) is 23.4. The summed E-state index contributed by atoms with van der Waals surface area (Å²) in [6.07, 6.45) is 3.46. The summed E-state index contributed by atoms with van der Waals surface area (Å²) in [5.74, 6) is 1.35. The van der Waals surface area contributed by atoms with Crippen molar-refractivity contribution in [1.29, 1.82) is 0 Å². The maximum Gasteiger partial charge on any atom is 0.234 e. The standard InChI is InChI=1S/C24H23ClN4O3S/c1-4-32-17-7-5-16(6-8-17)19-13-21-24(26-9-10-29(21)28-19)33-14-23(30)27-20-11-15(2)18(25)12-22(20)31-3/h5-13H,4,14H2,1-3H3,(H,27,30). The lowest BCUT2D eigenvalue weighted by Gasteiger charge is -2.12. The van der Waals surface area contributed by atoms with E-state index in [1.807, 2.05) is 44.2 Å². The van der Waals surface area contributed by atoms with E-state index in [-0.39, 0.29) is 11.7 Å². The van der Waals surface area contributed by atoms with E-state index >= 15 is 0 Å². The van der Waals surface area contributed by atoms with Gasteiger partial charge in [-0.05, 0) is 55.8 Å². The molecule has 9 heteroatoms. The van der Waals surface area contributed by atoms with Gasteiger partial charge in [0.15, 0.2) is 0 Å². The second-order valence-corrected chi connectivity index (χ2v) is 8.56. The molecule has 2 aromatic heterocycles. The SMILES string of the molecule is CCOc1ccc(-c2cc3c(SCC(=O)Nc4cc(C)c(Cl)cc4OC)nccn3n2)cc1. The predicted molar refractivity (Wildman–Crippen MR) is 132 cm³/mol. The minimum absolute atomic E-state index is 0.171. The number of anilines is 1. The summed E-state index contributed by atoms with van der Waals surface area (Å²) >= 11 is 7.49. The van der Waals surface area contributed by atoms with E-state index in [0.717, 1.165) is 33.1 Å². The summed E-state index contributed by atoms with van der Waals surface area (Å²) in [4.78, 5) is 17.1. The number of carbonyl (C=O) groups excluding carboxylic acids is 1. The highest BCUT2D eigenvalue weighted by atomic mass is 35.5. The smallest absolute Gasteiger partial charge is 0.234 e. The third-order valence-corrected chi connectivity index (χ3v) is 6.31. The quantitative estimate of drug-likeness (QED) is 0.334. The molecule has 0 spiro atoms. The first-order valence-electron chi connectivity index (χ1n) is 10.3. The van der Waals surface area contributed by atoms with Crippen LogP contribution in [0, 0.1) is 6.92 Å². The zero-order valence-corrected chi connectivity index (χ0v) is 20.0. The number of rotatable bonds is 8. The van der Waals surface area contributed by atoms with Gasteiger partial charge in [0.1, 0.15) is 16.5 Å². The van der Waals surface area contributed by atoms with Crippen molar-refractivity contribution in [2.24, 2.45) is 0 Å². The van der Waals surface area contributed by atoms with Crippen LogP contribution in [0.1, 0.15) is 12.5 Å². The summed E-state index contributed by atoms with van der Waals surface area (Å²) < 4.78 is 12.6. The summed E-state index contributed by atoms with van der Waals surface area (Å²) in [5, 5.41) is 8.84. The Balaban J connectivity index is 1.49. The van der Waals surface area contributed by atoms with Crippen molar-refractivity contribution in [3.8, 4) is 22.8 Å². The molecule has 0 radical (unpaired) electrons. The third-order valence-electron chi connectivity index (χ3n) is 4.91. The molecule has 2 heterocycles. The van der Waals surface area contributed by atoms with Crippen LogP contribution in [0.15, 0.2) is 59.9 Å². The average molecular weight is 483 g/mol.